The number of amides is 1. The normalized spacial score (nSPS) is 11.1. The number of aromatic nitrogens is 1. The molecular weight excluding hydrogens is 342 g/mol. The zero-order chi connectivity index (χ0) is 19.2. The van der Waals surface area contributed by atoms with E-state index in [9.17, 15) is 4.79 Å². The Morgan fingerprint density at radius 3 is 2.74 bits per heavy atom. The standard InChI is InChI=1S/C21H25N3O3/c1-15-21(16(2)27-23-15)18-7-4-6-17(12-18)9-10-24(14-20(25)22-3)13-19-8-5-11-26-19/h4-8,11-12H,9-10,13-14H2,1-3H3,(H,22,25). The number of nitrogens with zero attached hydrogens (tertiary/aromatic N) is 2. The highest BCUT2D eigenvalue weighted by atomic mass is 16.5. The predicted octanol–water partition coefficient (Wildman–Crippen LogP) is 3.34. The lowest BCUT2D eigenvalue weighted by molar-refractivity contribution is -0.121. The molecule has 0 aliphatic heterocycles. The summed E-state index contributed by atoms with van der Waals surface area (Å²) in [4.78, 5) is 13.9. The quantitative estimate of drug-likeness (QED) is 0.661. The Bertz CT molecular complexity index is 864. The second-order valence-corrected chi connectivity index (χ2v) is 6.61. The van der Waals surface area contributed by atoms with Gasteiger partial charge in [-0.05, 0) is 43.5 Å². The van der Waals surface area contributed by atoms with Gasteiger partial charge in [0, 0.05) is 19.2 Å². The number of benzene rings is 1. The minimum atomic E-state index is -0.00831. The van der Waals surface area contributed by atoms with Gasteiger partial charge in [0.25, 0.3) is 0 Å². The lowest BCUT2D eigenvalue weighted by Gasteiger charge is -2.20. The molecule has 3 rings (SSSR count). The number of carbonyl (C=O) groups is 1. The number of rotatable bonds is 8. The van der Waals surface area contributed by atoms with Crippen LogP contribution in [-0.2, 0) is 17.8 Å². The fourth-order valence-corrected chi connectivity index (χ4v) is 3.18. The van der Waals surface area contributed by atoms with Crippen molar-refractivity contribution in [3.8, 4) is 11.1 Å². The Kier molecular flexibility index (Phi) is 6.08. The van der Waals surface area contributed by atoms with Crippen molar-refractivity contribution in [2.45, 2.75) is 26.8 Å². The van der Waals surface area contributed by atoms with Gasteiger partial charge < -0.3 is 14.3 Å². The smallest absolute Gasteiger partial charge is 0.233 e. The highest BCUT2D eigenvalue weighted by Crippen LogP contribution is 2.27. The van der Waals surface area contributed by atoms with Crippen molar-refractivity contribution >= 4 is 5.91 Å². The summed E-state index contributed by atoms with van der Waals surface area (Å²) >= 11 is 0. The van der Waals surface area contributed by atoms with Crippen LogP contribution in [0.25, 0.3) is 11.1 Å². The average molecular weight is 367 g/mol. The summed E-state index contributed by atoms with van der Waals surface area (Å²) in [6.45, 7) is 5.56. The van der Waals surface area contributed by atoms with Gasteiger partial charge in [-0.2, -0.15) is 0 Å². The summed E-state index contributed by atoms with van der Waals surface area (Å²) < 4.78 is 10.7. The van der Waals surface area contributed by atoms with E-state index in [2.05, 4.69) is 33.6 Å². The number of likely N-dealkylation sites (N-methyl/N-ethyl adjacent to an activating group) is 1. The lowest BCUT2D eigenvalue weighted by Crippen LogP contribution is -2.36. The number of hydrogen-bond donors (Lipinski definition) is 1. The average Bonchev–Trinajstić information content (AvgIpc) is 3.29. The van der Waals surface area contributed by atoms with Crippen LogP contribution in [-0.4, -0.2) is 36.1 Å². The maximum atomic E-state index is 11.8. The van der Waals surface area contributed by atoms with Crippen molar-refractivity contribution in [1.29, 1.82) is 0 Å². The summed E-state index contributed by atoms with van der Waals surface area (Å²) in [6.07, 6.45) is 2.48. The molecule has 0 aliphatic carbocycles. The zero-order valence-corrected chi connectivity index (χ0v) is 16.0. The van der Waals surface area contributed by atoms with E-state index >= 15 is 0 Å². The molecule has 1 N–H and O–H groups in total. The van der Waals surface area contributed by atoms with Gasteiger partial charge in [-0.25, -0.2) is 0 Å². The van der Waals surface area contributed by atoms with Crippen LogP contribution in [0.4, 0.5) is 0 Å². The van der Waals surface area contributed by atoms with E-state index in [1.54, 1.807) is 13.3 Å². The minimum absolute atomic E-state index is 0.00831. The number of aryl methyl sites for hydroxylation is 2. The SMILES string of the molecule is CNC(=O)CN(CCc1cccc(-c2c(C)noc2C)c1)Cc1ccco1. The van der Waals surface area contributed by atoms with Gasteiger partial charge in [0.1, 0.15) is 11.5 Å². The van der Waals surface area contributed by atoms with Crippen LogP contribution in [0.15, 0.2) is 51.6 Å². The molecule has 0 saturated carbocycles. The Balaban J connectivity index is 1.71. The van der Waals surface area contributed by atoms with Crippen molar-refractivity contribution in [3.63, 3.8) is 0 Å². The first-order valence-electron chi connectivity index (χ1n) is 9.04. The number of carbonyl (C=O) groups excluding carboxylic acids is 1. The molecule has 0 bridgehead atoms. The maximum absolute atomic E-state index is 11.8. The first-order chi connectivity index (χ1) is 13.1. The molecule has 0 unspecified atom stereocenters. The predicted molar refractivity (Wildman–Crippen MR) is 103 cm³/mol. The third-order valence-electron chi connectivity index (χ3n) is 4.57. The zero-order valence-electron chi connectivity index (χ0n) is 16.0. The highest BCUT2D eigenvalue weighted by Gasteiger charge is 2.14. The monoisotopic (exact) mass is 367 g/mol. The fourth-order valence-electron chi connectivity index (χ4n) is 3.18. The molecule has 3 aromatic rings. The third-order valence-corrected chi connectivity index (χ3v) is 4.57. The molecule has 2 aromatic heterocycles. The Morgan fingerprint density at radius 1 is 1.22 bits per heavy atom. The van der Waals surface area contributed by atoms with Crippen LogP contribution in [0.2, 0.25) is 0 Å². The van der Waals surface area contributed by atoms with Crippen LogP contribution in [0, 0.1) is 13.8 Å². The molecule has 142 valence electrons. The molecule has 0 atom stereocenters. The second-order valence-electron chi connectivity index (χ2n) is 6.61. The van der Waals surface area contributed by atoms with E-state index in [-0.39, 0.29) is 5.91 Å². The molecule has 6 heteroatoms. The molecule has 0 saturated heterocycles. The molecule has 0 fully saturated rings. The largest absolute Gasteiger partial charge is 0.468 e. The van der Waals surface area contributed by atoms with E-state index in [4.69, 9.17) is 8.94 Å². The maximum Gasteiger partial charge on any atom is 0.233 e. The van der Waals surface area contributed by atoms with Gasteiger partial charge in [-0.15, -0.1) is 0 Å². The number of furan rings is 1. The van der Waals surface area contributed by atoms with Gasteiger partial charge >= 0.3 is 0 Å². The van der Waals surface area contributed by atoms with Crippen molar-refractivity contribution in [3.05, 3.63) is 65.4 Å². The van der Waals surface area contributed by atoms with E-state index in [1.807, 2.05) is 32.0 Å². The molecule has 0 aliphatic rings. The Morgan fingerprint density at radius 2 is 2.07 bits per heavy atom. The molecular formula is C21H25N3O3. The summed E-state index contributed by atoms with van der Waals surface area (Å²) in [5, 5.41) is 6.73. The molecule has 1 aromatic carbocycles. The summed E-state index contributed by atoms with van der Waals surface area (Å²) in [7, 11) is 1.65. The highest BCUT2D eigenvalue weighted by molar-refractivity contribution is 5.77. The summed E-state index contributed by atoms with van der Waals surface area (Å²) in [6, 6.07) is 12.2. The van der Waals surface area contributed by atoms with Gasteiger partial charge in [-0.1, -0.05) is 29.4 Å². The number of nitrogens with one attached hydrogen (secondary N) is 1. The molecule has 2 heterocycles. The van der Waals surface area contributed by atoms with Crippen molar-refractivity contribution in [2.75, 3.05) is 20.1 Å². The molecule has 0 spiro atoms. The van der Waals surface area contributed by atoms with Gasteiger partial charge in [0.05, 0.1) is 25.0 Å². The Hall–Kier alpha value is -2.86. The first-order valence-corrected chi connectivity index (χ1v) is 9.04. The molecule has 27 heavy (non-hydrogen) atoms. The van der Waals surface area contributed by atoms with Gasteiger partial charge in [-0.3, -0.25) is 9.69 Å². The summed E-state index contributed by atoms with van der Waals surface area (Å²) in [5.74, 6) is 1.66. The van der Waals surface area contributed by atoms with Crippen LogP contribution in [0.5, 0.6) is 0 Å². The fraction of sp³-hybridized carbons (Fsp3) is 0.333. The van der Waals surface area contributed by atoms with E-state index in [0.717, 1.165) is 41.3 Å². The van der Waals surface area contributed by atoms with Crippen LogP contribution in [0.3, 0.4) is 0 Å². The van der Waals surface area contributed by atoms with Crippen LogP contribution in [0.1, 0.15) is 22.8 Å². The second kappa shape index (κ2) is 8.68. The third kappa shape index (κ3) is 4.86. The van der Waals surface area contributed by atoms with E-state index < -0.39 is 0 Å². The Labute approximate surface area is 159 Å². The van der Waals surface area contributed by atoms with Gasteiger partial charge in [0.2, 0.25) is 5.91 Å². The number of hydrogen-bond acceptors (Lipinski definition) is 5. The molecule has 1 amide bonds. The molecule has 0 radical (unpaired) electrons. The minimum Gasteiger partial charge on any atom is -0.468 e. The topological polar surface area (TPSA) is 71.5 Å². The van der Waals surface area contributed by atoms with Crippen LogP contribution < -0.4 is 5.32 Å². The first kappa shape index (κ1) is 18.9. The van der Waals surface area contributed by atoms with Crippen molar-refractivity contribution in [2.24, 2.45) is 0 Å². The van der Waals surface area contributed by atoms with E-state index in [0.29, 0.717) is 13.1 Å². The van der Waals surface area contributed by atoms with Crippen LogP contribution >= 0.6 is 0 Å². The lowest BCUT2D eigenvalue weighted by atomic mass is 10.0. The van der Waals surface area contributed by atoms with Crippen molar-refractivity contribution < 1.29 is 13.7 Å². The van der Waals surface area contributed by atoms with Gasteiger partial charge in [0.15, 0.2) is 0 Å². The van der Waals surface area contributed by atoms with E-state index in [1.165, 1.54) is 5.56 Å². The molecule has 6 nitrogen and oxygen atoms in total. The van der Waals surface area contributed by atoms with Crippen molar-refractivity contribution in [1.82, 2.24) is 15.4 Å². The summed E-state index contributed by atoms with van der Waals surface area (Å²) in [5.41, 5.74) is 4.25.